The number of imidazole rings is 1. The van der Waals surface area contributed by atoms with Crippen LogP contribution >= 0.6 is 15.4 Å². The number of hydrogen-bond acceptors (Lipinski definition) is 17. The van der Waals surface area contributed by atoms with Crippen LogP contribution in [0.4, 0.5) is 10.2 Å². The largest absolute Gasteiger partial charge is 0.387 e. The van der Waals surface area contributed by atoms with Gasteiger partial charge in [0.15, 0.2) is 35.4 Å². The summed E-state index contributed by atoms with van der Waals surface area (Å²) in [5.41, 5.74) is 5.53. The lowest BCUT2D eigenvalue weighted by Crippen LogP contribution is -2.37. The van der Waals surface area contributed by atoms with Crippen LogP contribution in [0.25, 0.3) is 22.2 Å². The highest BCUT2D eigenvalue weighted by molar-refractivity contribution is 8.07. The fraction of sp³-hybridized carbons (Fsp3) is 0.522. The third-order valence-electron chi connectivity index (χ3n) is 7.62. The van der Waals surface area contributed by atoms with Crippen LogP contribution in [0.3, 0.4) is 0 Å². The van der Waals surface area contributed by atoms with Gasteiger partial charge in [0.25, 0.3) is 5.56 Å². The highest BCUT2D eigenvalue weighted by Gasteiger charge is 2.50. The summed E-state index contributed by atoms with van der Waals surface area (Å²) in [6.07, 6.45) is -6.10. The highest BCUT2D eigenvalue weighted by Crippen LogP contribution is 2.50. The molecule has 6 rings (SSSR count). The molecule has 2 fully saturated rings. The van der Waals surface area contributed by atoms with E-state index in [2.05, 4.69) is 19.9 Å². The van der Waals surface area contributed by atoms with Crippen LogP contribution in [0, 0.1) is 5.82 Å². The Balaban J connectivity index is 1.19. The first-order valence-electron chi connectivity index (χ1n) is 13.6. The van der Waals surface area contributed by atoms with E-state index in [1.54, 1.807) is 0 Å². The minimum atomic E-state index is -4.28. The maximum absolute atomic E-state index is 14.8. The third-order valence-corrected chi connectivity index (χ3v) is 9.43. The van der Waals surface area contributed by atoms with Crippen molar-refractivity contribution in [3.05, 3.63) is 41.3 Å². The molecule has 2 aliphatic heterocycles. The second kappa shape index (κ2) is 13.5. The van der Waals surface area contributed by atoms with Gasteiger partial charge in [-0.1, -0.05) is 0 Å². The van der Waals surface area contributed by atoms with Gasteiger partial charge in [0, 0.05) is 13.2 Å². The zero-order chi connectivity index (χ0) is 33.6. The summed E-state index contributed by atoms with van der Waals surface area (Å²) < 4.78 is 62.5. The van der Waals surface area contributed by atoms with Crippen molar-refractivity contribution in [3.8, 4) is 0 Å². The van der Waals surface area contributed by atoms with Crippen molar-refractivity contribution in [2.24, 2.45) is 7.05 Å². The molecule has 6 N–H and O–H groups in total. The zero-order valence-corrected chi connectivity index (χ0v) is 26.6. The summed E-state index contributed by atoms with van der Waals surface area (Å²) in [7, 11) is 0.703. The second-order valence-corrected chi connectivity index (χ2v) is 13.6. The average Bonchev–Trinajstić information content (AvgIpc) is 3.77. The number of aryl methyl sites for hydroxylation is 1. The van der Waals surface area contributed by atoms with Gasteiger partial charge in [-0.2, -0.15) is 0 Å². The number of fused-ring (bicyclic) bond motifs is 2. The fourth-order valence-corrected chi connectivity index (χ4v) is 7.10. The molecule has 9 atom stereocenters. The summed E-state index contributed by atoms with van der Waals surface area (Å²) >= 11 is 5.19. The molecule has 0 saturated carbocycles. The smallest absolute Gasteiger partial charge is 0.327 e. The first-order valence-corrected chi connectivity index (χ1v) is 16.9. The number of aromatic nitrogens is 7. The topological polar surface area (TPSA) is 263 Å². The normalized spacial score (nSPS) is 29.3. The lowest BCUT2D eigenvalue weighted by Gasteiger charge is -2.26. The van der Waals surface area contributed by atoms with E-state index in [0.29, 0.717) is 0 Å². The van der Waals surface area contributed by atoms with E-state index < -0.39 is 89.3 Å². The summed E-state index contributed by atoms with van der Waals surface area (Å²) in [6, 6.07) is 0. The Kier molecular flexibility index (Phi) is 9.76. The lowest BCUT2D eigenvalue weighted by atomic mass is 10.1. The van der Waals surface area contributed by atoms with E-state index in [1.807, 2.05) is 0 Å². The minimum Gasteiger partial charge on any atom is -0.387 e. The first-order chi connectivity index (χ1) is 22.5. The Bertz CT molecular complexity index is 1900. The number of aliphatic hydroxyl groups excluding tert-OH is 3. The Hall–Kier alpha value is -2.95. The standard InChI is InChI=1S/C23H27FN8O12P2S/c1-30-6-29-19-12(21(30)36)9(24)2-31(19)23-17(39-8-33)14(34)10(42-23)4-41-46(38,47)44-16-11(3-40-45-37)43-22(15(16)35)32-7-28-13-18(25)26-5-27-20(13)32/h2,5-7,10-11,14-17,22-23,33-35H,3-4,8H2,1H3,(H,38,47)(H2,25,26,27)/t10-,11-,14-,15-,16-,17-,22-,23-,46?/m1/s1. The van der Waals surface area contributed by atoms with Gasteiger partial charge in [0.05, 0.1) is 25.9 Å². The number of anilines is 1. The van der Waals surface area contributed by atoms with Gasteiger partial charge in [-0.05, 0) is 11.8 Å². The van der Waals surface area contributed by atoms with Crippen LogP contribution in [0.15, 0.2) is 30.0 Å². The van der Waals surface area contributed by atoms with E-state index in [9.17, 15) is 34.0 Å². The monoisotopic (exact) mass is 720 g/mol. The lowest BCUT2D eigenvalue weighted by molar-refractivity contribution is -0.116. The highest BCUT2D eigenvalue weighted by atomic mass is 32.5. The van der Waals surface area contributed by atoms with Crippen LogP contribution in [-0.4, -0.2) is 110 Å². The van der Waals surface area contributed by atoms with Gasteiger partial charge < -0.3 is 53.8 Å². The quantitative estimate of drug-likeness (QED) is 0.0867. The molecule has 0 bridgehead atoms. The molecule has 4 aromatic heterocycles. The number of nitrogens with zero attached hydrogens (tertiary/aromatic N) is 7. The molecule has 4 aromatic rings. The molecule has 24 heteroatoms. The van der Waals surface area contributed by atoms with Crippen molar-refractivity contribution in [2.75, 3.05) is 25.7 Å². The van der Waals surface area contributed by atoms with Gasteiger partial charge in [-0.25, -0.2) is 28.9 Å². The van der Waals surface area contributed by atoms with Crippen molar-refractivity contribution >= 4 is 55.2 Å². The SMILES string of the molecule is Cn1cnc2c(c(F)cn2[C@@H]2O[C@H](COP(O)(=S)O[C@H]3[C@@H](O)[C@H](n4cnc5c(N)ncnc54)O[C@@H]3COP=O)[C@@H](O)[C@H]2OCO)c1=O. The van der Waals surface area contributed by atoms with Crippen LogP contribution in [0.1, 0.15) is 12.5 Å². The van der Waals surface area contributed by atoms with Gasteiger partial charge in [-0.3, -0.25) is 18.4 Å². The first kappa shape index (κ1) is 33.9. The number of nitrogen functional groups attached to an aromatic ring is 1. The zero-order valence-electron chi connectivity index (χ0n) is 24.0. The molecule has 0 radical (unpaired) electrons. The Labute approximate surface area is 268 Å². The molecular formula is C23H27FN8O12P2S. The van der Waals surface area contributed by atoms with Crippen molar-refractivity contribution in [1.82, 2.24) is 33.6 Å². The number of nitrogens with two attached hydrogens (primary N) is 1. The third kappa shape index (κ3) is 6.33. The number of aliphatic hydroxyl groups is 3. The minimum absolute atomic E-state index is 0.0825. The predicted octanol–water partition coefficient (Wildman–Crippen LogP) is -1.01. The Morgan fingerprint density at radius 1 is 1.06 bits per heavy atom. The van der Waals surface area contributed by atoms with Crippen LogP contribution in [0.5, 0.6) is 0 Å². The molecule has 254 valence electrons. The van der Waals surface area contributed by atoms with Crippen molar-refractivity contribution in [2.45, 2.75) is 49.1 Å². The Morgan fingerprint density at radius 3 is 2.57 bits per heavy atom. The number of ether oxygens (including phenoxy) is 3. The van der Waals surface area contributed by atoms with Crippen LogP contribution in [-0.2, 0) is 51.2 Å². The second-order valence-electron chi connectivity index (χ2n) is 10.4. The molecule has 6 heterocycles. The van der Waals surface area contributed by atoms with Crippen molar-refractivity contribution < 1.29 is 57.0 Å². The molecule has 47 heavy (non-hydrogen) atoms. The molecule has 20 nitrogen and oxygen atoms in total. The van der Waals surface area contributed by atoms with Crippen LogP contribution in [0.2, 0.25) is 0 Å². The molecule has 2 aliphatic rings. The van der Waals surface area contributed by atoms with E-state index in [1.165, 1.54) is 30.6 Å². The van der Waals surface area contributed by atoms with Gasteiger partial charge in [0.2, 0.25) is 0 Å². The summed E-state index contributed by atoms with van der Waals surface area (Å²) in [6.45, 7) is -6.11. The number of hydrogen-bond donors (Lipinski definition) is 5. The maximum Gasteiger partial charge on any atom is 0.327 e. The van der Waals surface area contributed by atoms with Gasteiger partial charge in [-0.15, -0.1) is 0 Å². The molecule has 1 unspecified atom stereocenters. The van der Waals surface area contributed by atoms with Gasteiger partial charge >= 0.3 is 15.4 Å². The van der Waals surface area contributed by atoms with E-state index in [0.717, 1.165) is 15.3 Å². The molecule has 0 amide bonds. The van der Waals surface area contributed by atoms with Crippen molar-refractivity contribution in [3.63, 3.8) is 0 Å². The van der Waals surface area contributed by atoms with E-state index in [4.69, 9.17) is 45.3 Å². The number of rotatable bonds is 12. The molecule has 2 saturated heterocycles. The summed E-state index contributed by atoms with van der Waals surface area (Å²) in [5, 5.41) is 31.3. The molecular weight excluding hydrogens is 693 g/mol. The van der Waals surface area contributed by atoms with Crippen LogP contribution < -0.4 is 11.3 Å². The fourth-order valence-electron chi connectivity index (χ4n) is 5.45. The molecule has 0 aliphatic carbocycles. The average molecular weight is 721 g/mol. The Morgan fingerprint density at radius 2 is 1.83 bits per heavy atom. The molecule has 0 aromatic carbocycles. The predicted molar refractivity (Wildman–Crippen MR) is 157 cm³/mol. The van der Waals surface area contributed by atoms with E-state index >= 15 is 0 Å². The van der Waals surface area contributed by atoms with Crippen molar-refractivity contribution in [1.29, 1.82) is 0 Å². The summed E-state index contributed by atoms with van der Waals surface area (Å²) in [5.74, 6) is -0.821. The number of halogens is 1. The molecule has 0 spiro atoms. The summed E-state index contributed by atoms with van der Waals surface area (Å²) in [4.78, 5) is 39.7. The maximum atomic E-state index is 14.8. The van der Waals surface area contributed by atoms with Gasteiger partial charge in [0.1, 0.15) is 60.6 Å². The van der Waals surface area contributed by atoms with E-state index in [-0.39, 0.29) is 34.6 Å².